The highest BCUT2D eigenvalue weighted by Crippen LogP contribution is 2.47. The maximum absolute atomic E-state index is 14.0. The Labute approximate surface area is 229 Å². The van der Waals surface area contributed by atoms with Gasteiger partial charge in [0.05, 0.1) is 36.2 Å². The zero-order valence-corrected chi connectivity index (χ0v) is 22.2. The number of carbonyl (C=O) groups is 2. The monoisotopic (exact) mass is 554 g/mol. The van der Waals surface area contributed by atoms with E-state index in [1.807, 2.05) is 11.0 Å². The van der Waals surface area contributed by atoms with Gasteiger partial charge in [0.25, 0.3) is 5.91 Å². The van der Waals surface area contributed by atoms with Crippen molar-refractivity contribution in [2.24, 2.45) is 17.8 Å². The first-order chi connectivity index (χ1) is 19.3. The number of nitrogens with one attached hydrogen (secondary N) is 2. The molecule has 1 saturated heterocycles. The highest BCUT2D eigenvalue weighted by molar-refractivity contribution is 5.93. The van der Waals surface area contributed by atoms with E-state index in [0.717, 1.165) is 18.4 Å². The predicted molar refractivity (Wildman–Crippen MR) is 136 cm³/mol. The molecule has 7 rings (SSSR count). The standard InChI is InChI=1S/C27H32F2N8O3/c1-14-22(35-40-34-14)25(38)33-23(16-6-8-27(28,29)9-7-16)20-13-37-21(31-20)10-18(11-30-37)24(17-4-5-17)36-12-19(15-2-3-15)32-26(36)39/h10-11,13,15-17,19,23-24H,2-9,12H2,1H3,(H,32,39)(H,33,38)/t19-,23-,24?/m0/s1. The van der Waals surface area contributed by atoms with Gasteiger partial charge in [-0.1, -0.05) is 5.16 Å². The molecular formula is C27H32F2N8O3. The Bertz CT molecular complexity index is 1440. The van der Waals surface area contributed by atoms with Crippen LogP contribution in [0.15, 0.2) is 23.1 Å². The molecule has 3 saturated carbocycles. The Morgan fingerprint density at radius 3 is 2.60 bits per heavy atom. The van der Waals surface area contributed by atoms with Gasteiger partial charge in [-0.25, -0.2) is 27.7 Å². The molecule has 0 spiro atoms. The third kappa shape index (κ3) is 4.79. The fourth-order valence-electron chi connectivity index (χ4n) is 6.40. The SMILES string of the molecule is Cc1nonc1C(=O)N[C@H](c1cn2ncc(C(C3CC3)N3C[C@@H](C4CC4)NC3=O)cc2n1)C1CCC(F)(F)CC1. The Kier molecular flexibility index (Phi) is 6.00. The van der Waals surface area contributed by atoms with Crippen LogP contribution in [0.3, 0.4) is 0 Å². The molecular weight excluding hydrogens is 522 g/mol. The Hall–Kier alpha value is -3.64. The maximum atomic E-state index is 14.0. The summed E-state index contributed by atoms with van der Waals surface area (Å²) in [6, 6.07) is 1.45. The smallest absolute Gasteiger partial charge is 0.318 e. The molecule has 3 amide bonds. The summed E-state index contributed by atoms with van der Waals surface area (Å²) in [5, 5.41) is 18.1. The second-order valence-electron chi connectivity index (χ2n) is 11.9. The molecule has 1 aliphatic heterocycles. The molecule has 3 aromatic heterocycles. The molecule has 2 N–H and O–H groups in total. The van der Waals surface area contributed by atoms with Gasteiger partial charge in [-0.15, -0.1) is 0 Å². The lowest BCUT2D eigenvalue weighted by atomic mass is 9.81. The summed E-state index contributed by atoms with van der Waals surface area (Å²) in [7, 11) is 0. The van der Waals surface area contributed by atoms with Gasteiger partial charge in [0, 0.05) is 19.4 Å². The van der Waals surface area contributed by atoms with Gasteiger partial charge in [0.1, 0.15) is 5.69 Å². The van der Waals surface area contributed by atoms with Crippen LogP contribution in [0.4, 0.5) is 13.6 Å². The van der Waals surface area contributed by atoms with Crippen molar-refractivity contribution in [1.82, 2.24) is 40.4 Å². The number of aromatic nitrogens is 5. The summed E-state index contributed by atoms with van der Waals surface area (Å²) in [4.78, 5) is 32.8. The van der Waals surface area contributed by atoms with Crippen LogP contribution in [0.25, 0.3) is 5.65 Å². The number of carbonyl (C=O) groups excluding carboxylic acids is 2. The van der Waals surface area contributed by atoms with E-state index in [4.69, 9.17) is 4.98 Å². The summed E-state index contributed by atoms with van der Waals surface area (Å²) in [6.45, 7) is 2.31. The number of amides is 3. The van der Waals surface area contributed by atoms with Gasteiger partial charge in [0.2, 0.25) is 5.92 Å². The van der Waals surface area contributed by atoms with Crippen molar-refractivity contribution in [3.63, 3.8) is 0 Å². The molecule has 4 aliphatic rings. The molecule has 11 nitrogen and oxygen atoms in total. The molecule has 40 heavy (non-hydrogen) atoms. The van der Waals surface area contributed by atoms with Crippen LogP contribution >= 0.6 is 0 Å². The largest absolute Gasteiger partial charge is 0.342 e. The van der Waals surface area contributed by atoms with Crippen LogP contribution in [0.1, 0.15) is 90.9 Å². The minimum Gasteiger partial charge on any atom is -0.342 e. The summed E-state index contributed by atoms with van der Waals surface area (Å²) >= 11 is 0. The van der Waals surface area contributed by atoms with E-state index in [1.165, 1.54) is 12.8 Å². The van der Waals surface area contributed by atoms with Crippen molar-refractivity contribution in [3.05, 3.63) is 41.1 Å². The number of nitrogens with zero attached hydrogens (tertiary/aromatic N) is 6. The molecule has 4 fully saturated rings. The molecule has 3 atom stereocenters. The van der Waals surface area contributed by atoms with Gasteiger partial charge >= 0.3 is 6.03 Å². The lowest BCUT2D eigenvalue weighted by Crippen LogP contribution is -2.37. The topological polar surface area (TPSA) is 131 Å². The van der Waals surface area contributed by atoms with Crippen LogP contribution in [0.5, 0.6) is 0 Å². The van der Waals surface area contributed by atoms with Crippen molar-refractivity contribution in [3.8, 4) is 0 Å². The zero-order chi connectivity index (χ0) is 27.6. The lowest BCUT2D eigenvalue weighted by molar-refractivity contribution is -0.0495. The van der Waals surface area contributed by atoms with E-state index in [2.05, 4.69) is 30.7 Å². The van der Waals surface area contributed by atoms with Crippen molar-refractivity contribution < 1.29 is 23.0 Å². The number of hydrogen-bond donors (Lipinski definition) is 2. The van der Waals surface area contributed by atoms with E-state index >= 15 is 0 Å². The van der Waals surface area contributed by atoms with E-state index in [-0.39, 0.29) is 55.4 Å². The van der Waals surface area contributed by atoms with Crippen LogP contribution in [-0.4, -0.2) is 60.3 Å². The zero-order valence-electron chi connectivity index (χ0n) is 22.2. The fraction of sp³-hybridized carbons (Fsp3) is 0.630. The predicted octanol–water partition coefficient (Wildman–Crippen LogP) is 3.97. The Morgan fingerprint density at radius 1 is 1.15 bits per heavy atom. The number of halogens is 2. The second kappa shape index (κ2) is 9.48. The summed E-state index contributed by atoms with van der Waals surface area (Å²) in [6.07, 6.45) is 7.99. The molecule has 0 aromatic carbocycles. The van der Waals surface area contributed by atoms with Gasteiger partial charge in [-0.2, -0.15) is 5.10 Å². The van der Waals surface area contributed by atoms with E-state index in [0.29, 0.717) is 35.4 Å². The van der Waals surface area contributed by atoms with E-state index in [9.17, 15) is 18.4 Å². The number of imidazole rings is 1. The summed E-state index contributed by atoms with van der Waals surface area (Å²) < 4.78 is 34.3. The third-order valence-corrected chi connectivity index (χ3v) is 8.97. The number of urea groups is 1. The third-order valence-electron chi connectivity index (χ3n) is 8.97. The Morgan fingerprint density at radius 2 is 1.93 bits per heavy atom. The highest BCUT2D eigenvalue weighted by Gasteiger charge is 2.46. The number of aryl methyl sites for hydroxylation is 1. The number of hydrogen-bond acceptors (Lipinski definition) is 7. The average Bonchev–Trinajstić information content (AvgIpc) is 3.83. The minimum atomic E-state index is -2.70. The normalized spacial score (nSPS) is 24.7. The molecule has 3 aliphatic carbocycles. The first-order valence-corrected chi connectivity index (χ1v) is 14.2. The molecule has 212 valence electrons. The van der Waals surface area contributed by atoms with Crippen LogP contribution in [0, 0.1) is 24.7 Å². The van der Waals surface area contributed by atoms with Gasteiger partial charge < -0.3 is 15.5 Å². The second-order valence-corrected chi connectivity index (χ2v) is 11.9. The minimum absolute atomic E-state index is 0.0211. The van der Waals surface area contributed by atoms with Crippen molar-refractivity contribution >= 4 is 17.6 Å². The molecule has 13 heteroatoms. The quantitative estimate of drug-likeness (QED) is 0.431. The van der Waals surface area contributed by atoms with Gasteiger partial charge in [0.15, 0.2) is 11.3 Å². The average molecular weight is 555 g/mol. The molecule has 4 heterocycles. The summed E-state index contributed by atoms with van der Waals surface area (Å²) in [5.41, 5.74) is 2.44. The van der Waals surface area contributed by atoms with Gasteiger partial charge in [-0.05, 0) is 80.0 Å². The van der Waals surface area contributed by atoms with E-state index in [1.54, 1.807) is 23.8 Å². The molecule has 0 bridgehead atoms. The first-order valence-electron chi connectivity index (χ1n) is 14.2. The molecule has 1 unspecified atom stereocenters. The van der Waals surface area contributed by atoms with Crippen molar-refractivity contribution in [2.75, 3.05) is 6.54 Å². The number of alkyl halides is 2. The maximum Gasteiger partial charge on any atom is 0.318 e. The van der Waals surface area contributed by atoms with Crippen LogP contribution in [0.2, 0.25) is 0 Å². The molecule has 0 radical (unpaired) electrons. The Balaban J connectivity index is 1.18. The number of fused-ring (bicyclic) bond motifs is 1. The fourth-order valence-corrected chi connectivity index (χ4v) is 6.40. The van der Waals surface area contributed by atoms with Gasteiger partial charge in [-0.3, -0.25) is 4.79 Å². The van der Waals surface area contributed by atoms with Crippen molar-refractivity contribution in [2.45, 2.75) is 82.3 Å². The number of rotatable bonds is 8. The van der Waals surface area contributed by atoms with Crippen LogP contribution in [-0.2, 0) is 0 Å². The molecule has 3 aromatic rings. The highest BCUT2D eigenvalue weighted by atomic mass is 19.3. The van der Waals surface area contributed by atoms with E-state index < -0.39 is 17.9 Å². The van der Waals surface area contributed by atoms with Crippen molar-refractivity contribution in [1.29, 1.82) is 0 Å². The first kappa shape index (κ1) is 25.3. The summed E-state index contributed by atoms with van der Waals surface area (Å²) in [5.74, 6) is -2.47. The van der Waals surface area contributed by atoms with Crippen LogP contribution < -0.4 is 10.6 Å². The lowest BCUT2D eigenvalue weighted by Gasteiger charge is -2.33.